The number of rotatable bonds is 11. The summed E-state index contributed by atoms with van der Waals surface area (Å²) < 4.78 is 5.08. The monoisotopic (exact) mass is 319 g/mol. The van der Waals surface area contributed by atoms with Crippen LogP contribution in [0.3, 0.4) is 0 Å². The first-order valence-electron chi connectivity index (χ1n) is 8.70. The smallest absolute Gasteiger partial charge is 0.325 e. The van der Waals surface area contributed by atoms with E-state index >= 15 is 0 Å². The van der Waals surface area contributed by atoms with Crippen LogP contribution in [0.1, 0.15) is 68.3 Å². The van der Waals surface area contributed by atoms with E-state index in [1.807, 2.05) is 12.1 Å². The highest BCUT2D eigenvalue weighted by Crippen LogP contribution is 2.08. The van der Waals surface area contributed by atoms with Gasteiger partial charge >= 0.3 is 5.97 Å². The molecule has 1 aromatic rings. The molecule has 4 nitrogen and oxygen atoms in total. The van der Waals surface area contributed by atoms with Crippen molar-refractivity contribution in [1.82, 2.24) is 5.32 Å². The Morgan fingerprint density at radius 1 is 0.957 bits per heavy atom. The third-order valence-corrected chi connectivity index (χ3v) is 3.69. The van der Waals surface area contributed by atoms with Crippen LogP contribution in [-0.2, 0) is 16.0 Å². The molecule has 1 aromatic carbocycles. The fourth-order valence-corrected chi connectivity index (χ4v) is 2.22. The van der Waals surface area contributed by atoms with Gasteiger partial charge in [-0.2, -0.15) is 0 Å². The van der Waals surface area contributed by atoms with Crippen LogP contribution in [-0.4, -0.2) is 25.0 Å². The minimum atomic E-state index is -0.380. The lowest BCUT2D eigenvalue weighted by Gasteiger charge is -2.07. The van der Waals surface area contributed by atoms with Crippen LogP contribution in [0.2, 0.25) is 0 Å². The first-order valence-corrected chi connectivity index (χ1v) is 8.70. The Morgan fingerprint density at radius 3 is 2.30 bits per heavy atom. The van der Waals surface area contributed by atoms with Gasteiger partial charge in [-0.25, -0.2) is 0 Å². The zero-order chi connectivity index (χ0) is 16.9. The predicted octanol–water partition coefficient (Wildman–Crippen LogP) is 3.88. The highest BCUT2D eigenvalue weighted by Gasteiger charge is 2.08. The number of aryl methyl sites for hydroxylation is 1. The van der Waals surface area contributed by atoms with Gasteiger partial charge in [0.2, 0.25) is 0 Å². The van der Waals surface area contributed by atoms with E-state index in [9.17, 15) is 9.59 Å². The van der Waals surface area contributed by atoms with E-state index in [1.165, 1.54) is 5.56 Å². The van der Waals surface area contributed by atoms with E-state index < -0.39 is 0 Å². The molecule has 0 aliphatic heterocycles. The normalized spacial score (nSPS) is 10.3. The fourth-order valence-electron chi connectivity index (χ4n) is 2.22. The number of esters is 1. The molecule has 23 heavy (non-hydrogen) atoms. The maximum atomic E-state index is 12.0. The van der Waals surface area contributed by atoms with E-state index in [4.69, 9.17) is 4.74 Å². The van der Waals surface area contributed by atoms with Gasteiger partial charge in [0.25, 0.3) is 5.91 Å². The molecule has 0 radical (unpaired) electrons. The van der Waals surface area contributed by atoms with E-state index in [1.54, 1.807) is 12.1 Å². The average Bonchev–Trinajstić information content (AvgIpc) is 2.58. The minimum absolute atomic E-state index is 0.0792. The number of nitrogens with one attached hydrogen (secondary N) is 1. The van der Waals surface area contributed by atoms with Crippen molar-refractivity contribution in [1.29, 1.82) is 0 Å². The van der Waals surface area contributed by atoms with Crippen LogP contribution in [0.5, 0.6) is 0 Å². The van der Waals surface area contributed by atoms with Gasteiger partial charge in [0.05, 0.1) is 6.61 Å². The van der Waals surface area contributed by atoms with Gasteiger partial charge in [-0.05, 0) is 37.0 Å². The Kier molecular flexibility index (Phi) is 9.76. The van der Waals surface area contributed by atoms with Crippen LogP contribution in [0.25, 0.3) is 0 Å². The summed E-state index contributed by atoms with van der Waals surface area (Å²) >= 11 is 0. The molecule has 4 heteroatoms. The van der Waals surface area contributed by atoms with Gasteiger partial charge in [0.1, 0.15) is 6.54 Å². The van der Waals surface area contributed by atoms with E-state index in [0.717, 1.165) is 44.9 Å². The zero-order valence-electron chi connectivity index (χ0n) is 14.4. The number of benzene rings is 1. The van der Waals surface area contributed by atoms with Crippen LogP contribution < -0.4 is 5.32 Å². The number of carbonyl (C=O) groups is 2. The lowest BCUT2D eigenvalue weighted by Crippen LogP contribution is -2.30. The van der Waals surface area contributed by atoms with E-state index in [-0.39, 0.29) is 18.4 Å². The summed E-state index contributed by atoms with van der Waals surface area (Å²) in [6.07, 6.45) is 7.60. The summed E-state index contributed by atoms with van der Waals surface area (Å²) in [7, 11) is 0. The number of carbonyl (C=O) groups excluding carboxylic acids is 2. The van der Waals surface area contributed by atoms with Crippen molar-refractivity contribution in [2.75, 3.05) is 13.2 Å². The molecule has 0 heterocycles. The van der Waals surface area contributed by atoms with Gasteiger partial charge in [-0.15, -0.1) is 0 Å². The highest BCUT2D eigenvalue weighted by atomic mass is 16.5. The van der Waals surface area contributed by atoms with E-state index in [0.29, 0.717) is 12.2 Å². The lowest BCUT2D eigenvalue weighted by atomic mass is 10.1. The maximum absolute atomic E-state index is 12.0. The number of unbranched alkanes of at least 4 members (excludes halogenated alkanes) is 4. The highest BCUT2D eigenvalue weighted by molar-refractivity contribution is 5.95. The molecule has 0 spiro atoms. The molecule has 0 saturated heterocycles. The largest absolute Gasteiger partial charge is 0.464 e. The minimum Gasteiger partial charge on any atom is -0.464 e. The second kappa shape index (κ2) is 11.7. The topological polar surface area (TPSA) is 55.4 Å². The maximum Gasteiger partial charge on any atom is 0.325 e. The number of hydrogen-bond donors (Lipinski definition) is 1. The molecule has 0 unspecified atom stereocenters. The zero-order valence-corrected chi connectivity index (χ0v) is 14.4. The van der Waals surface area contributed by atoms with Crippen LogP contribution in [0, 0.1) is 0 Å². The number of hydrogen-bond acceptors (Lipinski definition) is 3. The second-order valence-corrected chi connectivity index (χ2v) is 5.76. The standard InChI is InChI=1S/C19H29NO3/c1-3-5-7-8-14-23-18(21)15-20-19(22)17-12-10-16(11-13-17)9-6-4-2/h10-13H,3-9,14-15H2,1-2H3,(H,20,22). The van der Waals surface area contributed by atoms with Crippen molar-refractivity contribution in [2.45, 2.75) is 58.8 Å². The van der Waals surface area contributed by atoms with Crippen molar-refractivity contribution in [2.24, 2.45) is 0 Å². The molecule has 0 aliphatic carbocycles. The summed E-state index contributed by atoms with van der Waals surface area (Å²) in [6.45, 7) is 4.65. The van der Waals surface area contributed by atoms with Gasteiger partial charge < -0.3 is 10.1 Å². The van der Waals surface area contributed by atoms with Crippen LogP contribution in [0.4, 0.5) is 0 Å². The number of ether oxygens (including phenoxy) is 1. The van der Waals surface area contributed by atoms with E-state index in [2.05, 4.69) is 19.2 Å². The molecule has 0 saturated carbocycles. The average molecular weight is 319 g/mol. The molecule has 1 rings (SSSR count). The van der Waals surface area contributed by atoms with Gasteiger partial charge in [0, 0.05) is 5.56 Å². The van der Waals surface area contributed by atoms with Gasteiger partial charge in [-0.1, -0.05) is 51.7 Å². The molecular formula is C19H29NO3. The predicted molar refractivity (Wildman–Crippen MR) is 92.5 cm³/mol. The first kappa shape index (κ1) is 19.2. The van der Waals surface area contributed by atoms with Crippen LogP contribution >= 0.6 is 0 Å². The van der Waals surface area contributed by atoms with Crippen LogP contribution in [0.15, 0.2) is 24.3 Å². The van der Waals surface area contributed by atoms with Gasteiger partial charge in [0.15, 0.2) is 0 Å². The third kappa shape index (κ3) is 8.38. The Labute approximate surface area is 139 Å². The summed E-state index contributed by atoms with van der Waals surface area (Å²) in [5.41, 5.74) is 1.80. The Morgan fingerprint density at radius 2 is 1.65 bits per heavy atom. The molecule has 0 atom stereocenters. The van der Waals surface area contributed by atoms with Crippen molar-refractivity contribution in [3.63, 3.8) is 0 Å². The summed E-state index contributed by atoms with van der Waals surface area (Å²) in [4.78, 5) is 23.5. The Balaban J connectivity index is 2.26. The fraction of sp³-hybridized carbons (Fsp3) is 0.579. The third-order valence-electron chi connectivity index (χ3n) is 3.69. The Bertz CT molecular complexity index is 468. The molecule has 128 valence electrons. The summed E-state index contributed by atoms with van der Waals surface area (Å²) in [5.74, 6) is -0.621. The molecule has 0 bridgehead atoms. The second-order valence-electron chi connectivity index (χ2n) is 5.76. The molecule has 1 N–H and O–H groups in total. The SMILES string of the molecule is CCCCCCOC(=O)CNC(=O)c1ccc(CCCC)cc1. The number of amides is 1. The molecule has 0 fully saturated rings. The van der Waals surface area contributed by atoms with Crippen molar-refractivity contribution >= 4 is 11.9 Å². The quantitative estimate of drug-likeness (QED) is 0.497. The summed E-state index contributed by atoms with van der Waals surface area (Å²) in [6, 6.07) is 7.54. The first-order chi connectivity index (χ1) is 11.2. The van der Waals surface area contributed by atoms with Crippen molar-refractivity contribution in [3.8, 4) is 0 Å². The Hall–Kier alpha value is -1.84. The summed E-state index contributed by atoms with van der Waals surface area (Å²) in [5, 5.41) is 2.60. The molecule has 0 aromatic heterocycles. The molecule has 0 aliphatic rings. The van der Waals surface area contributed by atoms with Crippen molar-refractivity contribution < 1.29 is 14.3 Å². The molecule has 1 amide bonds. The van der Waals surface area contributed by atoms with Crippen molar-refractivity contribution in [3.05, 3.63) is 35.4 Å². The van der Waals surface area contributed by atoms with Gasteiger partial charge in [-0.3, -0.25) is 9.59 Å². The lowest BCUT2D eigenvalue weighted by molar-refractivity contribution is -0.142. The molecular weight excluding hydrogens is 290 g/mol.